The first kappa shape index (κ1) is 17.5. The van der Waals surface area contributed by atoms with Crippen LogP contribution >= 0.6 is 0 Å². The minimum Gasteiger partial charge on any atom is -0.396 e. The summed E-state index contributed by atoms with van der Waals surface area (Å²) in [6.45, 7) is 4.89. The summed E-state index contributed by atoms with van der Waals surface area (Å²) in [5, 5.41) is 38.3. The number of nitrogens with zero attached hydrogens (tertiary/aromatic N) is 1. The summed E-state index contributed by atoms with van der Waals surface area (Å²) in [7, 11) is 0. The quantitative estimate of drug-likeness (QED) is 0.672. The van der Waals surface area contributed by atoms with E-state index in [1.165, 1.54) is 5.56 Å². The third-order valence-corrected chi connectivity index (χ3v) is 8.43. The molecule has 5 heteroatoms. The number of aromatic amines is 1. The predicted octanol–water partition coefficient (Wildman–Crippen LogP) is 1.92. The van der Waals surface area contributed by atoms with Crippen LogP contribution in [0.4, 0.5) is 0 Å². The van der Waals surface area contributed by atoms with E-state index in [0.717, 1.165) is 44.2 Å². The molecule has 7 atom stereocenters. The van der Waals surface area contributed by atoms with Crippen molar-refractivity contribution in [3.05, 3.63) is 17.5 Å². The van der Waals surface area contributed by atoms with Gasteiger partial charge in [0.05, 0.1) is 12.3 Å². The van der Waals surface area contributed by atoms with Gasteiger partial charge in [-0.05, 0) is 78.6 Å². The zero-order chi connectivity index (χ0) is 17.8. The lowest BCUT2D eigenvalue weighted by Gasteiger charge is -2.55. The van der Waals surface area contributed by atoms with E-state index in [2.05, 4.69) is 24.0 Å². The van der Waals surface area contributed by atoms with Crippen molar-refractivity contribution in [3.63, 3.8) is 0 Å². The van der Waals surface area contributed by atoms with Crippen LogP contribution in [0.5, 0.6) is 0 Å². The first-order valence-electron chi connectivity index (χ1n) is 9.85. The number of hydrogen-bond donors (Lipinski definition) is 4. The molecule has 0 bridgehead atoms. The van der Waals surface area contributed by atoms with Crippen LogP contribution in [0.25, 0.3) is 0 Å². The summed E-state index contributed by atoms with van der Waals surface area (Å²) in [5.41, 5.74) is 2.34. The lowest BCUT2D eigenvalue weighted by atomic mass is 9.49. The van der Waals surface area contributed by atoms with Gasteiger partial charge in [-0.3, -0.25) is 5.10 Å². The first-order chi connectivity index (χ1) is 11.9. The second kappa shape index (κ2) is 6.07. The van der Waals surface area contributed by atoms with Crippen LogP contribution in [0.1, 0.15) is 50.8 Å². The van der Waals surface area contributed by atoms with E-state index in [1.54, 1.807) is 0 Å². The van der Waals surface area contributed by atoms with E-state index in [0.29, 0.717) is 11.8 Å². The molecule has 1 heterocycles. The summed E-state index contributed by atoms with van der Waals surface area (Å²) in [4.78, 5) is 0. The molecular formula is C20H32N2O3. The highest BCUT2D eigenvalue weighted by Gasteiger charge is 2.58. The van der Waals surface area contributed by atoms with Gasteiger partial charge in [0.25, 0.3) is 0 Å². The zero-order valence-electron chi connectivity index (χ0n) is 15.4. The second-order valence-corrected chi connectivity index (χ2v) is 9.34. The smallest absolute Gasteiger partial charge is 0.0596 e. The Kier molecular flexibility index (Phi) is 4.25. The molecular weight excluding hydrogens is 316 g/mol. The largest absolute Gasteiger partial charge is 0.396 e. The summed E-state index contributed by atoms with van der Waals surface area (Å²) in [6.07, 6.45) is 7.36. The minimum absolute atomic E-state index is 0.0338. The molecule has 4 N–H and O–H groups in total. The molecule has 0 aromatic carbocycles. The van der Waals surface area contributed by atoms with E-state index in [1.807, 2.05) is 6.20 Å². The SMILES string of the molecule is C[C@]1([C@H]2CC[C@]3(C)[C@@H](O)CC[C@H]3[C@@H]2CO)Cc2cn[nH]c2C[C@@H]1CO. The molecule has 2 saturated carbocycles. The Morgan fingerprint density at radius 1 is 1.12 bits per heavy atom. The maximum Gasteiger partial charge on any atom is 0.0596 e. The summed E-state index contributed by atoms with van der Waals surface area (Å²) < 4.78 is 0. The van der Waals surface area contributed by atoms with Gasteiger partial charge in [0.1, 0.15) is 0 Å². The maximum atomic E-state index is 10.5. The molecule has 5 nitrogen and oxygen atoms in total. The number of fused-ring (bicyclic) bond motifs is 2. The van der Waals surface area contributed by atoms with E-state index in [-0.39, 0.29) is 42.0 Å². The average molecular weight is 348 g/mol. The highest BCUT2D eigenvalue weighted by Crippen LogP contribution is 2.61. The minimum atomic E-state index is -0.235. The van der Waals surface area contributed by atoms with Gasteiger partial charge in [-0.15, -0.1) is 0 Å². The first-order valence-corrected chi connectivity index (χ1v) is 9.85. The lowest BCUT2D eigenvalue weighted by molar-refractivity contribution is -0.102. The fraction of sp³-hybridized carbons (Fsp3) is 0.850. The number of nitrogens with one attached hydrogen (secondary N) is 1. The number of aliphatic hydroxyl groups is 3. The highest BCUT2D eigenvalue weighted by molar-refractivity contribution is 5.25. The second-order valence-electron chi connectivity index (χ2n) is 9.34. The van der Waals surface area contributed by atoms with Gasteiger partial charge >= 0.3 is 0 Å². The van der Waals surface area contributed by atoms with E-state index in [4.69, 9.17) is 0 Å². The Labute approximate surface area is 149 Å². The van der Waals surface area contributed by atoms with Crippen LogP contribution in [-0.4, -0.2) is 44.8 Å². The normalized spacial score (nSPS) is 46.7. The van der Waals surface area contributed by atoms with Crippen LogP contribution in [0.2, 0.25) is 0 Å². The standard InChI is InChI=1S/C20H32N2O3/c1-19-6-5-16(14(11-24)15(19)3-4-18(19)25)20(2)8-12-9-21-22-17(12)7-13(20)10-23/h9,13-16,18,23-25H,3-8,10-11H2,1-2H3,(H,21,22)/t13-,14+,15+,16+,18+,19+,20+/m1/s1. The molecule has 25 heavy (non-hydrogen) atoms. The van der Waals surface area contributed by atoms with Crippen molar-refractivity contribution in [2.45, 2.75) is 58.5 Å². The molecule has 1 aromatic heterocycles. The van der Waals surface area contributed by atoms with Crippen molar-refractivity contribution in [2.24, 2.45) is 34.5 Å². The van der Waals surface area contributed by atoms with Gasteiger partial charge in [0.2, 0.25) is 0 Å². The molecule has 2 fully saturated rings. The lowest BCUT2D eigenvalue weighted by Crippen LogP contribution is -2.53. The Morgan fingerprint density at radius 3 is 2.60 bits per heavy atom. The molecule has 1 aromatic rings. The zero-order valence-corrected chi connectivity index (χ0v) is 15.4. The van der Waals surface area contributed by atoms with Gasteiger partial charge in [0.15, 0.2) is 0 Å². The van der Waals surface area contributed by atoms with Crippen molar-refractivity contribution < 1.29 is 15.3 Å². The molecule has 3 aliphatic carbocycles. The summed E-state index contributed by atoms with van der Waals surface area (Å²) in [6, 6.07) is 0. The third kappa shape index (κ3) is 2.42. The Hall–Kier alpha value is -0.910. The van der Waals surface area contributed by atoms with Gasteiger partial charge in [-0.1, -0.05) is 13.8 Å². The van der Waals surface area contributed by atoms with Crippen LogP contribution in [-0.2, 0) is 12.8 Å². The highest BCUT2D eigenvalue weighted by atomic mass is 16.3. The molecule has 0 unspecified atom stereocenters. The van der Waals surface area contributed by atoms with Gasteiger partial charge < -0.3 is 15.3 Å². The van der Waals surface area contributed by atoms with Crippen LogP contribution in [0.3, 0.4) is 0 Å². The third-order valence-electron chi connectivity index (χ3n) is 8.43. The Bertz CT molecular complexity index is 632. The fourth-order valence-corrected chi connectivity index (χ4v) is 6.74. The number of aromatic nitrogens is 2. The molecule has 4 rings (SSSR count). The predicted molar refractivity (Wildman–Crippen MR) is 94.8 cm³/mol. The number of rotatable bonds is 3. The fourth-order valence-electron chi connectivity index (χ4n) is 6.74. The van der Waals surface area contributed by atoms with E-state index < -0.39 is 0 Å². The molecule has 140 valence electrons. The Morgan fingerprint density at radius 2 is 1.88 bits per heavy atom. The van der Waals surface area contributed by atoms with Gasteiger partial charge in [-0.2, -0.15) is 5.10 Å². The monoisotopic (exact) mass is 348 g/mol. The number of H-pyrrole nitrogens is 1. The molecule has 0 aliphatic heterocycles. The van der Waals surface area contributed by atoms with E-state index in [9.17, 15) is 15.3 Å². The van der Waals surface area contributed by atoms with Crippen LogP contribution in [0.15, 0.2) is 6.20 Å². The average Bonchev–Trinajstić information content (AvgIpc) is 3.17. The molecule has 3 aliphatic rings. The van der Waals surface area contributed by atoms with Crippen molar-refractivity contribution in [3.8, 4) is 0 Å². The molecule has 0 radical (unpaired) electrons. The maximum absolute atomic E-state index is 10.5. The van der Waals surface area contributed by atoms with E-state index >= 15 is 0 Å². The summed E-state index contributed by atoms with van der Waals surface area (Å²) >= 11 is 0. The molecule has 0 spiro atoms. The molecule has 0 saturated heterocycles. The van der Waals surface area contributed by atoms with Crippen molar-refractivity contribution in [1.82, 2.24) is 10.2 Å². The van der Waals surface area contributed by atoms with Crippen LogP contribution in [0, 0.1) is 34.5 Å². The summed E-state index contributed by atoms with van der Waals surface area (Å²) in [5.74, 6) is 1.16. The van der Waals surface area contributed by atoms with Gasteiger partial charge in [0, 0.05) is 18.9 Å². The topological polar surface area (TPSA) is 89.4 Å². The Balaban J connectivity index is 1.68. The molecule has 0 amide bonds. The number of aliphatic hydroxyl groups excluding tert-OH is 3. The van der Waals surface area contributed by atoms with Crippen LogP contribution < -0.4 is 0 Å². The number of hydrogen-bond acceptors (Lipinski definition) is 4. The van der Waals surface area contributed by atoms with Crippen molar-refractivity contribution >= 4 is 0 Å². The van der Waals surface area contributed by atoms with Crippen molar-refractivity contribution in [2.75, 3.05) is 13.2 Å². The van der Waals surface area contributed by atoms with Crippen molar-refractivity contribution in [1.29, 1.82) is 0 Å². The van der Waals surface area contributed by atoms with Gasteiger partial charge in [-0.25, -0.2) is 0 Å².